The summed E-state index contributed by atoms with van der Waals surface area (Å²) in [7, 11) is -3.87. The minimum absolute atomic E-state index is 0.113. The highest BCUT2D eigenvalue weighted by molar-refractivity contribution is 7.92. The summed E-state index contributed by atoms with van der Waals surface area (Å²) < 4.78 is 47.3. The molecule has 0 heterocycles. The molecule has 0 radical (unpaired) electrons. The molecule has 27 heavy (non-hydrogen) atoms. The summed E-state index contributed by atoms with van der Waals surface area (Å²) in [6, 6.07) is 21.0. The van der Waals surface area contributed by atoms with Gasteiger partial charge < -0.3 is 4.74 Å². The maximum absolute atomic E-state index is 14.2. The molecular weight excluding hydrogens is 365 g/mol. The van der Waals surface area contributed by atoms with E-state index in [1.165, 1.54) is 22.5 Å². The molecule has 0 atom stereocenters. The zero-order valence-electron chi connectivity index (χ0n) is 14.9. The zero-order chi connectivity index (χ0) is 19.3. The van der Waals surface area contributed by atoms with Crippen LogP contribution in [0.3, 0.4) is 0 Å². The van der Waals surface area contributed by atoms with Gasteiger partial charge in [0.15, 0.2) is 0 Å². The van der Waals surface area contributed by atoms with Crippen molar-refractivity contribution < 1.29 is 17.5 Å². The number of ether oxygens (including phenoxy) is 1. The van der Waals surface area contributed by atoms with Crippen LogP contribution in [0.15, 0.2) is 83.8 Å². The first-order valence-corrected chi connectivity index (χ1v) is 10.0. The molecule has 0 bridgehead atoms. The molecule has 4 nitrogen and oxygen atoms in total. The van der Waals surface area contributed by atoms with Gasteiger partial charge in [-0.2, -0.15) is 0 Å². The van der Waals surface area contributed by atoms with E-state index in [-0.39, 0.29) is 11.4 Å². The molecule has 0 aliphatic rings. The summed E-state index contributed by atoms with van der Waals surface area (Å²) in [5, 5.41) is 0. The van der Waals surface area contributed by atoms with Crippen LogP contribution in [-0.4, -0.2) is 15.0 Å². The average molecular weight is 385 g/mol. The van der Waals surface area contributed by atoms with Gasteiger partial charge in [0.1, 0.15) is 11.6 Å². The van der Waals surface area contributed by atoms with E-state index in [2.05, 4.69) is 0 Å². The third-order valence-electron chi connectivity index (χ3n) is 4.04. The van der Waals surface area contributed by atoms with E-state index in [9.17, 15) is 12.8 Å². The van der Waals surface area contributed by atoms with Crippen LogP contribution >= 0.6 is 0 Å². The van der Waals surface area contributed by atoms with Crippen molar-refractivity contribution in [2.24, 2.45) is 0 Å². The molecule has 3 aromatic rings. The fourth-order valence-electron chi connectivity index (χ4n) is 2.69. The summed E-state index contributed by atoms with van der Waals surface area (Å²) in [5.41, 5.74) is 0.733. The third-order valence-corrected chi connectivity index (χ3v) is 5.83. The molecule has 0 unspecified atom stereocenters. The first-order chi connectivity index (χ1) is 13.0. The fourth-order valence-corrected chi connectivity index (χ4v) is 4.16. The average Bonchev–Trinajstić information content (AvgIpc) is 2.69. The van der Waals surface area contributed by atoms with E-state index < -0.39 is 15.8 Å². The van der Waals surface area contributed by atoms with Gasteiger partial charge in [-0.15, -0.1) is 0 Å². The van der Waals surface area contributed by atoms with Crippen LogP contribution < -0.4 is 9.04 Å². The molecular formula is C21H20FNO3S. The van der Waals surface area contributed by atoms with Crippen molar-refractivity contribution in [2.45, 2.75) is 18.4 Å². The number of nitrogens with zero attached hydrogens (tertiary/aromatic N) is 1. The molecule has 0 N–H and O–H groups in total. The number of anilines is 1. The lowest BCUT2D eigenvalue weighted by Gasteiger charge is -2.25. The van der Waals surface area contributed by atoms with Gasteiger partial charge in [0.2, 0.25) is 0 Å². The van der Waals surface area contributed by atoms with Crippen molar-refractivity contribution in [1.29, 1.82) is 0 Å². The van der Waals surface area contributed by atoms with Crippen molar-refractivity contribution in [3.05, 3.63) is 90.2 Å². The zero-order valence-corrected chi connectivity index (χ0v) is 15.7. The van der Waals surface area contributed by atoms with Crippen molar-refractivity contribution in [2.75, 3.05) is 10.9 Å². The summed E-state index contributed by atoms with van der Waals surface area (Å²) in [6.45, 7) is 2.27. The molecule has 0 amide bonds. The summed E-state index contributed by atoms with van der Waals surface area (Å²) in [5.74, 6) is 0.195. The molecule has 6 heteroatoms. The van der Waals surface area contributed by atoms with Crippen molar-refractivity contribution in [3.8, 4) is 5.75 Å². The smallest absolute Gasteiger partial charge is 0.264 e. The van der Waals surface area contributed by atoms with E-state index in [4.69, 9.17) is 4.74 Å². The number of rotatable bonds is 7. The Morgan fingerprint density at radius 3 is 2.15 bits per heavy atom. The number of halogens is 1. The van der Waals surface area contributed by atoms with Crippen molar-refractivity contribution in [1.82, 2.24) is 0 Å². The van der Waals surface area contributed by atoms with Crippen molar-refractivity contribution >= 4 is 15.7 Å². The number of hydrogen-bond donors (Lipinski definition) is 0. The standard InChI is InChI=1S/C21H20FNO3S/c1-2-26-19-14-12-18(13-15-19)23(16-17-8-6-7-11-21(17)22)27(24,25)20-9-4-3-5-10-20/h3-15H,2,16H2,1H3. The van der Waals surface area contributed by atoms with Crippen LogP contribution in [0.4, 0.5) is 10.1 Å². The van der Waals surface area contributed by atoms with E-state index in [1.54, 1.807) is 60.7 Å². The number of sulfonamides is 1. The van der Waals surface area contributed by atoms with Crippen molar-refractivity contribution in [3.63, 3.8) is 0 Å². The first kappa shape index (κ1) is 18.9. The fraction of sp³-hybridized carbons (Fsp3) is 0.143. The van der Waals surface area contributed by atoms with Crippen LogP contribution in [0, 0.1) is 5.82 Å². The summed E-state index contributed by atoms with van der Waals surface area (Å²) >= 11 is 0. The predicted molar refractivity (Wildman–Crippen MR) is 104 cm³/mol. The van der Waals surface area contributed by atoms with Gasteiger partial charge in [0, 0.05) is 5.56 Å². The Hall–Kier alpha value is -2.86. The molecule has 3 rings (SSSR count). The predicted octanol–water partition coefficient (Wildman–Crippen LogP) is 4.62. The van der Waals surface area contributed by atoms with Gasteiger partial charge in [-0.3, -0.25) is 4.31 Å². The quantitative estimate of drug-likeness (QED) is 0.596. The Labute approximate surface area is 158 Å². The Kier molecular flexibility index (Phi) is 5.76. The second kappa shape index (κ2) is 8.22. The molecule has 0 saturated heterocycles. The van der Waals surface area contributed by atoms with Gasteiger partial charge in [0.25, 0.3) is 10.0 Å². The largest absolute Gasteiger partial charge is 0.494 e. The highest BCUT2D eigenvalue weighted by atomic mass is 32.2. The molecule has 3 aromatic carbocycles. The van der Waals surface area contributed by atoms with Crippen LogP contribution in [0.2, 0.25) is 0 Å². The topological polar surface area (TPSA) is 46.6 Å². The van der Waals surface area contributed by atoms with Gasteiger partial charge in [-0.1, -0.05) is 36.4 Å². The second-order valence-corrected chi connectivity index (χ2v) is 7.71. The molecule has 140 valence electrons. The molecule has 0 spiro atoms. The van der Waals surface area contributed by atoms with Crippen LogP contribution in [0.1, 0.15) is 12.5 Å². The van der Waals surface area contributed by atoms with Gasteiger partial charge >= 0.3 is 0 Å². The molecule has 0 aliphatic carbocycles. The Morgan fingerprint density at radius 2 is 1.52 bits per heavy atom. The maximum Gasteiger partial charge on any atom is 0.264 e. The lowest BCUT2D eigenvalue weighted by molar-refractivity contribution is 0.340. The van der Waals surface area contributed by atoms with Gasteiger partial charge in [0.05, 0.1) is 23.7 Å². The molecule has 0 saturated carbocycles. The SMILES string of the molecule is CCOc1ccc(N(Cc2ccccc2F)S(=O)(=O)c2ccccc2)cc1. The van der Waals surface area contributed by atoms with E-state index >= 15 is 0 Å². The van der Waals surface area contributed by atoms with Crippen LogP contribution in [-0.2, 0) is 16.6 Å². The lowest BCUT2D eigenvalue weighted by Crippen LogP contribution is -2.31. The summed E-state index contributed by atoms with van der Waals surface area (Å²) in [6.07, 6.45) is 0. The van der Waals surface area contributed by atoms with Crippen LogP contribution in [0.25, 0.3) is 0 Å². The lowest BCUT2D eigenvalue weighted by atomic mass is 10.2. The first-order valence-electron chi connectivity index (χ1n) is 8.56. The maximum atomic E-state index is 14.2. The molecule has 0 aromatic heterocycles. The highest BCUT2D eigenvalue weighted by Crippen LogP contribution is 2.28. The monoisotopic (exact) mass is 385 g/mol. The Bertz CT molecular complexity index is 989. The van der Waals surface area contributed by atoms with E-state index in [0.29, 0.717) is 23.6 Å². The van der Waals surface area contributed by atoms with Crippen LogP contribution in [0.5, 0.6) is 5.75 Å². The summed E-state index contributed by atoms with van der Waals surface area (Å²) in [4.78, 5) is 0.148. The van der Waals surface area contributed by atoms with E-state index in [1.807, 2.05) is 6.92 Å². The Morgan fingerprint density at radius 1 is 0.889 bits per heavy atom. The minimum Gasteiger partial charge on any atom is -0.494 e. The highest BCUT2D eigenvalue weighted by Gasteiger charge is 2.26. The van der Waals surface area contributed by atoms with E-state index in [0.717, 1.165) is 0 Å². The second-order valence-electron chi connectivity index (χ2n) is 5.84. The normalized spacial score (nSPS) is 11.2. The Balaban J connectivity index is 2.05. The molecule has 0 aliphatic heterocycles. The minimum atomic E-state index is -3.87. The number of benzene rings is 3. The van der Waals surface area contributed by atoms with Gasteiger partial charge in [-0.25, -0.2) is 12.8 Å². The van der Waals surface area contributed by atoms with Gasteiger partial charge in [-0.05, 0) is 49.4 Å². The third kappa shape index (κ3) is 4.28. The number of hydrogen-bond acceptors (Lipinski definition) is 3. The molecule has 0 fully saturated rings.